The number of fused-ring (bicyclic) bond motifs is 12. The predicted molar refractivity (Wildman–Crippen MR) is 310 cm³/mol. The van der Waals surface area contributed by atoms with Crippen LogP contribution in [-0.2, 0) is 0 Å². The van der Waals surface area contributed by atoms with Crippen LogP contribution in [-0.4, -0.2) is 20.8 Å². The fourth-order valence-corrected chi connectivity index (χ4v) is 11.9. The van der Waals surface area contributed by atoms with E-state index in [1.54, 1.807) is 0 Å². The van der Waals surface area contributed by atoms with Crippen LogP contribution in [0, 0.1) is 0 Å². The second-order valence-corrected chi connectivity index (χ2v) is 19.3. The number of hydrogen-bond donors (Lipinski definition) is 1. The van der Waals surface area contributed by atoms with Crippen LogP contribution in [0.3, 0.4) is 0 Å². The maximum atomic E-state index is 5.58. The van der Waals surface area contributed by atoms with E-state index < -0.39 is 6.17 Å². The third kappa shape index (κ3) is 6.57. The van der Waals surface area contributed by atoms with E-state index in [2.05, 4.69) is 275 Å². The zero-order chi connectivity index (χ0) is 48.7. The average molecular weight is 944 g/mol. The number of benzene rings is 12. The minimum Gasteiger partial charge on any atom is -0.344 e. The van der Waals surface area contributed by atoms with Crippen molar-refractivity contribution in [2.75, 3.05) is 0 Å². The van der Waals surface area contributed by atoms with Gasteiger partial charge in [0, 0.05) is 38.4 Å². The van der Waals surface area contributed by atoms with Gasteiger partial charge in [0.25, 0.3) is 0 Å². The Bertz CT molecular complexity index is 4590. The van der Waals surface area contributed by atoms with Crippen LogP contribution in [0.15, 0.2) is 271 Å². The van der Waals surface area contributed by atoms with Crippen molar-refractivity contribution in [3.05, 3.63) is 278 Å². The minimum atomic E-state index is -0.396. The molecular formula is C69H45N5. The van der Waals surface area contributed by atoms with Crippen molar-refractivity contribution in [2.45, 2.75) is 6.17 Å². The highest BCUT2D eigenvalue weighted by Gasteiger charge is 2.27. The number of hydrogen-bond acceptors (Lipinski definition) is 3. The van der Waals surface area contributed by atoms with Gasteiger partial charge in [0.05, 0.1) is 27.8 Å². The van der Waals surface area contributed by atoms with Crippen LogP contribution in [0.1, 0.15) is 22.9 Å². The third-order valence-corrected chi connectivity index (χ3v) is 15.2. The largest absolute Gasteiger partial charge is 0.344 e. The van der Waals surface area contributed by atoms with Crippen molar-refractivity contribution in [1.82, 2.24) is 14.5 Å². The highest BCUT2D eigenvalue weighted by Crippen LogP contribution is 2.45. The highest BCUT2D eigenvalue weighted by atomic mass is 15.2. The van der Waals surface area contributed by atoms with Crippen LogP contribution >= 0.6 is 0 Å². The smallest absolute Gasteiger partial charge is 0.159 e. The van der Waals surface area contributed by atoms with E-state index in [9.17, 15) is 0 Å². The molecule has 0 bridgehead atoms. The second kappa shape index (κ2) is 16.9. The summed E-state index contributed by atoms with van der Waals surface area (Å²) in [6, 6.07) is 94.2. The topological polar surface area (TPSA) is 46.6 Å². The maximum absolute atomic E-state index is 5.58. The Morgan fingerprint density at radius 3 is 1.45 bits per heavy atom. The quantitative estimate of drug-likeness (QED) is 0.159. The van der Waals surface area contributed by atoms with E-state index in [1.165, 1.54) is 76.0 Å². The molecule has 0 saturated heterocycles. The van der Waals surface area contributed by atoms with Gasteiger partial charge in [-0.25, -0.2) is 9.98 Å². The van der Waals surface area contributed by atoms with Gasteiger partial charge in [-0.1, -0.05) is 206 Å². The van der Waals surface area contributed by atoms with E-state index in [0.717, 1.165) is 56.1 Å². The number of rotatable bonds is 7. The fraction of sp³-hybridized carbons (Fsp3) is 0.0145. The molecule has 2 aromatic heterocycles. The molecule has 0 aliphatic carbocycles. The predicted octanol–water partition coefficient (Wildman–Crippen LogP) is 17.2. The van der Waals surface area contributed by atoms with Crippen molar-refractivity contribution in [2.24, 2.45) is 9.98 Å². The summed E-state index contributed by atoms with van der Waals surface area (Å²) in [6.07, 6.45) is -0.396. The van der Waals surface area contributed by atoms with E-state index in [4.69, 9.17) is 9.98 Å². The number of aromatic nitrogens is 2. The van der Waals surface area contributed by atoms with E-state index in [-0.39, 0.29) is 0 Å². The molecule has 5 nitrogen and oxygen atoms in total. The molecule has 1 atom stereocenters. The van der Waals surface area contributed by atoms with Crippen molar-refractivity contribution in [1.29, 1.82) is 0 Å². The first kappa shape index (κ1) is 41.9. The molecule has 1 aliphatic heterocycles. The molecule has 12 aromatic carbocycles. The van der Waals surface area contributed by atoms with Gasteiger partial charge in [0.15, 0.2) is 5.84 Å². The SMILES string of the molecule is c1ccc(-c2ccc(C3=NC(c4ccc5c6ccccc6c6ccccc6c5c4)=NC(c4ccccc4)N3)c(-n3c4ccccc4c4c(-c5cccc6c5c5ccccc5n6-c5ccccc5)cccc43)c2)cc1. The Morgan fingerprint density at radius 1 is 0.324 bits per heavy atom. The minimum absolute atomic E-state index is 0.396. The van der Waals surface area contributed by atoms with Crippen molar-refractivity contribution in [3.63, 3.8) is 0 Å². The summed E-state index contributed by atoms with van der Waals surface area (Å²) in [6.45, 7) is 0. The Kier molecular flexibility index (Phi) is 9.57. The van der Waals surface area contributed by atoms with Gasteiger partial charge in [-0.2, -0.15) is 0 Å². The van der Waals surface area contributed by atoms with Gasteiger partial charge in [-0.15, -0.1) is 0 Å². The molecule has 1 unspecified atom stereocenters. The third-order valence-electron chi connectivity index (χ3n) is 15.2. The molecule has 0 fully saturated rings. The lowest BCUT2D eigenvalue weighted by atomic mass is 9.93. The molecule has 74 heavy (non-hydrogen) atoms. The molecule has 14 aromatic rings. The summed E-state index contributed by atoms with van der Waals surface area (Å²) in [4.78, 5) is 11.0. The van der Waals surface area contributed by atoms with Crippen LogP contribution in [0.2, 0.25) is 0 Å². The molecule has 0 amide bonds. The highest BCUT2D eigenvalue weighted by molar-refractivity contribution is 6.27. The van der Waals surface area contributed by atoms with Crippen LogP contribution in [0.4, 0.5) is 0 Å². The Balaban J connectivity index is 0.976. The van der Waals surface area contributed by atoms with Gasteiger partial charge in [0.2, 0.25) is 0 Å². The molecule has 0 spiro atoms. The summed E-state index contributed by atoms with van der Waals surface area (Å²) in [7, 11) is 0. The van der Waals surface area contributed by atoms with E-state index in [0.29, 0.717) is 5.84 Å². The van der Waals surface area contributed by atoms with Gasteiger partial charge >= 0.3 is 0 Å². The average Bonchev–Trinajstić information content (AvgIpc) is 4.01. The molecule has 1 N–H and O–H groups in total. The number of nitrogens with zero attached hydrogens (tertiary/aromatic N) is 4. The maximum Gasteiger partial charge on any atom is 0.159 e. The van der Waals surface area contributed by atoms with Gasteiger partial charge in [-0.3, -0.25) is 0 Å². The number of nitrogens with one attached hydrogen (secondary N) is 1. The number of aliphatic imine (C=N–C) groups is 2. The number of para-hydroxylation sites is 3. The first-order valence-electron chi connectivity index (χ1n) is 25.4. The first-order chi connectivity index (χ1) is 36.7. The lowest BCUT2D eigenvalue weighted by molar-refractivity contribution is 0.674. The number of amidine groups is 2. The first-order valence-corrected chi connectivity index (χ1v) is 25.4. The molecular weight excluding hydrogens is 899 g/mol. The van der Waals surface area contributed by atoms with Crippen molar-refractivity contribution >= 4 is 87.6 Å². The lowest BCUT2D eigenvalue weighted by Crippen LogP contribution is -2.34. The van der Waals surface area contributed by atoms with Crippen molar-refractivity contribution < 1.29 is 0 Å². The normalized spacial score (nSPS) is 13.8. The zero-order valence-corrected chi connectivity index (χ0v) is 40.2. The molecule has 1 aliphatic rings. The van der Waals surface area contributed by atoms with Crippen LogP contribution in [0.5, 0.6) is 0 Å². The standard InChI is InChI=1S/C69H45N5/c1-4-20-44(21-5-1)46-38-41-58(69-71-67(45-22-6-2-7-23-45)70-68(72-69)47-39-40-53-51-28-11-10-26-49(51)50-27-12-13-29-52(50)59(53)42-47)64(43-46)74-61-35-17-15-31-57(61)66-55(33-19-37-63(66)74)54-32-18-36-62-65(54)56-30-14-16-34-60(56)73(62)48-24-8-3-9-25-48/h1-43,67H,(H,70,71,72). The van der Waals surface area contributed by atoms with Crippen molar-refractivity contribution in [3.8, 4) is 33.6 Å². The molecule has 5 heteroatoms. The van der Waals surface area contributed by atoms with Crippen LogP contribution < -0.4 is 5.32 Å². The van der Waals surface area contributed by atoms with Crippen LogP contribution in [0.25, 0.3) is 110 Å². The van der Waals surface area contributed by atoms with Gasteiger partial charge in [0.1, 0.15) is 12.0 Å². The molecule has 0 radical (unpaired) electrons. The molecule has 15 rings (SSSR count). The summed E-state index contributed by atoms with van der Waals surface area (Å²) in [5.74, 6) is 1.43. The van der Waals surface area contributed by atoms with E-state index >= 15 is 0 Å². The second-order valence-electron chi connectivity index (χ2n) is 19.3. The molecule has 346 valence electrons. The Labute approximate surface area is 427 Å². The fourth-order valence-electron chi connectivity index (χ4n) is 11.9. The molecule has 3 heterocycles. The zero-order valence-electron chi connectivity index (χ0n) is 40.2. The molecule has 0 saturated carbocycles. The summed E-state index contributed by atoms with van der Waals surface area (Å²) >= 11 is 0. The van der Waals surface area contributed by atoms with Gasteiger partial charge in [-0.05, 0) is 115 Å². The summed E-state index contributed by atoms with van der Waals surface area (Å²) in [5.41, 5.74) is 14.4. The lowest BCUT2D eigenvalue weighted by Gasteiger charge is -2.26. The summed E-state index contributed by atoms with van der Waals surface area (Å²) in [5, 5.41) is 16.0. The monoisotopic (exact) mass is 943 g/mol. The van der Waals surface area contributed by atoms with E-state index in [1.807, 2.05) is 0 Å². The van der Waals surface area contributed by atoms with Gasteiger partial charge < -0.3 is 14.5 Å². The Hall–Kier alpha value is -9.84. The summed E-state index contributed by atoms with van der Waals surface area (Å²) < 4.78 is 4.86. The Morgan fingerprint density at radius 2 is 0.811 bits per heavy atom.